The minimum Gasteiger partial charge on any atom is -0.493 e. The normalized spacial score (nSPS) is 19.2. The van der Waals surface area contributed by atoms with E-state index in [1.807, 2.05) is 18.2 Å². The van der Waals surface area contributed by atoms with Crippen LogP contribution in [0.2, 0.25) is 0 Å². The van der Waals surface area contributed by atoms with Crippen LogP contribution in [0, 0.1) is 0 Å². The Balaban J connectivity index is 2.21. The van der Waals surface area contributed by atoms with E-state index in [1.54, 1.807) is 19.1 Å². The third kappa shape index (κ3) is 2.41. The molecule has 0 aliphatic carbocycles. The molecule has 0 bridgehead atoms. The van der Waals surface area contributed by atoms with Crippen molar-refractivity contribution in [3.63, 3.8) is 0 Å². The lowest BCUT2D eigenvalue weighted by Crippen LogP contribution is -2.25. The van der Waals surface area contributed by atoms with Crippen LogP contribution in [0.1, 0.15) is 12.0 Å². The molecule has 0 radical (unpaired) electrons. The Morgan fingerprint density at radius 2 is 2.17 bits per heavy atom. The molecular weight excluding hydrogens is 234 g/mol. The smallest absolute Gasteiger partial charge is 0.225 e. The molecule has 1 heterocycles. The number of benzene rings is 1. The Bertz CT molecular complexity index is 447. The van der Waals surface area contributed by atoms with Crippen LogP contribution in [0.25, 0.3) is 0 Å². The maximum absolute atomic E-state index is 11.6. The average Bonchev–Trinajstić information content (AvgIpc) is 2.67. The third-order valence-corrected chi connectivity index (χ3v) is 3.04. The Morgan fingerprint density at radius 3 is 2.72 bits per heavy atom. The van der Waals surface area contributed by atoms with E-state index in [1.165, 1.54) is 0 Å². The highest BCUT2D eigenvalue weighted by Crippen LogP contribution is 2.32. The zero-order chi connectivity index (χ0) is 13.1. The van der Waals surface area contributed by atoms with Gasteiger partial charge in [-0.15, -0.1) is 0 Å². The van der Waals surface area contributed by atoms with Gasteiger partial charge >= 0.3 is 0 Å². The van der Waals surface area contributed by atoms with Crippen LogP contribution >= 0.6 is 0 Å². The van der Waals surface area contributed by atoms with Crippen molar-refractivity contribution in [3.05, 3.63) is 23.8 Å². The second-order valence-electron chi connectivity index (χ2n) is 4.28. The van der Waals surface area contributed by atoms with E-state index in [4.69, 9.17) is 9.47 Å². The summed E-state index contributed by atoms with van der Waals surface area (Å²) >= 11 is 0. The molecule has 1 saturated heterocycles. The van der Waals surface area contributed by atoms with Gasteiger partial charge < -0.3 is 19.5 Å². The molecule has 5 heteroatoms. The Kier molecular flexibility index (Phi) is 3.72. The standard InChI is InChI=1S/C13H17NO4/c1-17-11-5-3-4-9(13(11)18-2)7-14-8-10(15)6-12(14)16/h3-5,10,15H,6-8H2,1-2H3. The first kappa shape index (κ1) is 12.7. The SMILES string of the molecule is COc1cccc(CN2CC(O)CC2=O)c1OC. The number of likely N-dealkylation sites (tertiary alicyclic amines) is 1. The molecule has 0 spiro atoms. The van der Waals surface area contributed by atoms with E-state index >= 15 is 0 Å². The van der Waals surface area contributed by atoms with Crippen LogP contribution in [0.5, 0.6) is 11.5 Å². The zero-order valence-corrected chi connectivity index (χ0v) is 10.5. The number of hydrogen-bond acceptors (Lipinski definition) is 4. The predicted molar refractivity (Wildman–Crippen MR) is 65.6 cm³/mol. The Labute approximate surface area is 106 Å². The number of amides is 1. The van der Waals surface area contributed by atoms with E-state index in [0.717, 1.165) is 5.56 Å². The molecule has 2 rings (SSSR count). The number of hydrogen-bond donors (Lipinski definition) is 1. The van der Waals surface area contributed by atoms with Crippen molar-refractivity contribution in [1.29, 1.82) is 0 Å². The van der Waals surface area contributed by atoms with Crippen LogP contribution in [0.15, 0.2) is 18.2 Å². The van der Waals surface area contributed by atoms with E-state index in [0.29, 0.717) is 24.6 Å². The molecule has 1 aromatic rings. The summed E-state index contributed by atoms with van der Waals surface area (Å²) in [6.07, 6.45) is -0.360. The Morgan fingerprint density at radius 1 is 1.39 bits per heavy atom. The van der Waals surface area contributed by atoms with E-state index in [-0.39, 0.29) is 12.3 Å². The fourth-order valence-corrected chi connectivity index (χ4v) is 2.19. The van der Waals surface area contributed by atoms with Crippen LogP contribution in [0.3, 0.4) is 0 Å². The van der Waals surface area contributed by atoms with E-state index in [2.05, 4.69) is 0 Å². The molecule has 98 valence electrons. The molecule has 1 aliphatic rings. The lowest BCUT2D eigenvalue weighted by atomic mass is 10.1. The first-order chi connectivity index (χ1) is 8.65. The highest BCUT2D eigenvalue weighted by molar-refractivity contribution is 5.79. The molecule has 1 aromatic carbocycles. The van der Waals surface area contributed by atoms with Crippen molar-refractivity contribution >= 4 is 5.91 Å². The largest absolute Gasteiger partial charge is 0.493 e. The number of aliphatic hydroxyl groups is 1. The van der Waals surface area contributed by atoms with Crippen LogP contribution in [0.4, 0.5) is 0 Å². The summed E-state index contributed by atoms with van der Waals surface area (Å²) in [6, 6.07) is 5.55. The van der Waals surface area contributed by atoms with Crippen LogP contribution < -0.4 is 9.47 Å². The number of nitrogens with zero attached hydrogens (tertiary/aromatic N) is 1. The maximum Gasteiger partial charge on any atom is 0.225 e. The molecule has 0 saturated carbocycles. The van der Waals surface area contributed by atoms with Gasteiger partial charge in [0.15, 0.2) is 11.5 Å². The zero-order valence-electron chi connectivity index (χ0n) is 10.5. The molecule has 1 N–H and O–H groups in total. The maximum atomic E-state index is 11.6. The number of carbonyl (C=O) groups excluding carboxylic acids is 1. The second kappa shape index (κ2) is 5.27. The first-order valence-electron chi connectivity index (χ1n) is 5.81. The summed E-state index contributed by atoms with van der Waals surface area (Å²) in [6.45, 7) is 0.801. The van der Waals surface area contributed by atoms with E-state index < -0.39 is 6.10 Å². The van der Waals surface area contributed by atoms with Crippen LogP contribution in [-0.4, -0.2) is 42.8 Å². The summed E-state index contributed by atoms with van der Waals surface area (Å²) in [5.74, 6) is 1.24. The van der Waals surface area contributed by atoms with Gasteiger partial charge in [0.25, 0.3) is 0 Å². The number of methoxy groups -OCH3 is 2. The highest BCUT2D eigenvalue weighted by atomic mass is 16.5. The van der Waals surface area contributed by atoms with Gasteiger partial charge in [-0.3, -0.25) is 4.79 Å². The molecule has 18 heavy (non-hydrogen) atoms. The first-order valence-corrected chi connectivity index (χ1v) is 5.81. The van der Waals surface area contributed by atoms with E-state index in [9.17, 15) is 9.90 Å². The van der Waals surface area contributed by atoms with Gasteiger partial charge in [-0.25, -0.2) is 0 Å². The molecule has 1 fully saturated rings. The van der Waals surface area contributed by atoms with Gasteiger partial charge in [0.2, 0.25) is 5.91 Å². The van der Waals surface area contributed by atoms with Gasteiger partial charge in [0.1, 0.15) is 0 Å². The summed E-state index contributed by atoms with van der Waals surface area (Å²) in [5, 5.41) is 9.46. The summed E-state index contributed by atoms with van der Waals surface area (Å²) < 4.78 is 10.5. The van der Waals surface area contributed by atoms with Gasteiger partial charge in [-0.05, 0) is 6.07 Å². The third-order valence-electron chi connectivity index (χ3n) is 3.04. The van der Waals surface area contributed by atoms with Crippen molar-refractivity contribution in [2.24, 2.45) is 0 Å². The number of rotatable bonds is 4. The van der Waals surface area contributed by atoms with Crippen molar-refractivity contribution in [2.45, 2.75) is 19.1 Å². The molecule has 0 aromatic heterocycles. The topological polar surface area (TPSA) is 59.0 Å². The quantitative estimate of drug-likeness (QED) is 0.859. The molecule has 5 nitrogen and oxygen atoms in total. The molecule has 1 atom stereocenters. The lowest BCUT2D eigenvalue weighted by Gasteiger charge is -2.19. The number of carbonyl (C=O) groups is 1. The number of β-amino-alcohol motifs (C(OH)–C–C–N with tert-alkyl or cyclic N) is 1. The fraction of sp³-hybridized carbons (Fsp3) is 0.462. The fourth-order valence-electron chi connectivity index (χ4n) is 2.19. The summed E-state index contributed by atoms with van der Waals surface area (Å²) in [7, 11) is 3.15. The van der Waals surface area contributed by atoms with Crippen LogP contribution in [-0.2, 0) is 11.3 Å². The van der Waals surface area contributed by atoms with Crippen molar-refractivity contribution in [3.8, 4) is 11.5 Å². The minimum atomic E-state index is -0.561. The van der Waals surface area contributed by atoms with Gasteiger partial charge in [0, 0.05) is 18.7 Å². The lowest BCUT2D eigenvalue weighted by molar-refractivity contribution is -0.128. The monoisotopic (exact) mass is 251 g/mol. The van der Waals surface area contributed by atoms with Crippen molar-refractivity contribution in [1.82, 2.24) is 4.90 Å². The number of ether oxygens (including phenoxy) is 2. The van der Waals surface area contributed by atoms with Gasteiger partial charge in [-0.1, -0.05) is 12.1 Å². The number of para-hydroxylation sites is 1. The summed E-state index contributed by atoms with van der Waals surface area (Å²) in [4.78, 5) is 13.3. The molecular formula is C13H17NO4. The second-order valence-corrected chi connectivity index (χ2v) is 4.28. The minimum absolute atomic E-state index is 0.0348. The predicted octanol–water partition coefficient (Wildman–Crippen LogP) is 0.797. The number of aliphatic hydroxyl groups excluding tert-OH is 1. The highest BCUT2D eigenvalue weighted by Gasteiger charge is 2.28. The van der Waals surface area contributed by atoms with Gasteiger partial charge in [-0.2, -0.15) is 0 Å². The molecule has 1 amide bonds. The molecule has 1 unspecified atom stereocenters. The average molecular weight is 251 g/mol. The van der Waals surface area contributed by atoms with Crippen molar-refractivity contribution in [2.75, 3.05) is 20.8 Å². The molecule has 1 aliphatic heterocycles. The Hall–Kier alpha value is -1.75. The van der Waals surface area contributed by atoms with Crippen molar-refractivity contribution < 1.29 is 19.4 Å². The van der Waals surface area contributed by atoms with Gasteiger partial charge in [0.05, 0.1) is 26.7 Å². The summed E-state index contributed by atoms with van der Waals surface area (Å²) in [5.41, 5.74) is 0.874.